The van der Waals surface area contributed by atoms with Crippen LogP contribution in [0.1, 0.15) is 34.3 Å². The van der Waals surface area contributed by atoms with E-state index in [0.717, 1.165) is 11.1 Å². The molecule has 24 heavy (non-hydrogen) atoms. The smallest absolute Gasteiger partial charge is 0.255 e. The van der Waals surface area contributed by atoms with Gasteiger partial charge in [0.25, 0.3) is 5.91 Å². The zero-order valence-corrected chi connectivity index (χ0v) is 14.1. The topological polar surface area (TPSA) is 84.2 Å². The summed E-state index contributed by atoms with van der Waals surface area (Å²) in [6, 6.07) is 12.9. The van der Waals surface area contributed by atoms with Gasteiger partial charge in [0.05, 0.1) is 0 Å². The van der Waals surface area contributed by atoms with E-state index in [1.807, 2.05) is 44.2 Å². The van der Waals surface area contributed by atoms with Gasteiger partial charge in [-0.2, -0.15) is 0 Å². The Balaban J connectivity index is 2.12. The van der Waals surface area contributed by atoms with Gasteiger partial charge < -0.3 is 16.4 Å². The maximum atomic E-state index is 12.4. The number of nitrogens with two attached hydrogens (primary N) is 1. The largest absolute Gasteiger partial charge is 0.330 e. The Labute approximate surface area is 142 Å². The highest BCUT2D eigenvalue weighted by Gasteiger charge is 2.10. The summed E-state index contributed by atoms with van der Waals surface area (Å²) >= 11 is 0. The highest BCUT2D eigenvalue weighted by molar-refractivity contribution is 6.05. The number of carbonyl (C=O) groups excluding carboxylic acids is 2. The van der Waals surface area contributed by atoms with Crippen LogP contribution in [0.15, 0.2) is 42.5 Å². The van der Waals surface area contributed by atoms with Crippen molar-refractivity contribution in [3.05, 3.63) is 59.2 Å². The van der Waals surface area contributed by atoms with Crippen molar-refractivity contribution < 1.29 is 9.59 Å². The molecule has 2 amide bonds. The number of hydrogen-bond acceptors (Lipinski definition) is 3. The molecule has 0 aromatic heterocycles. The summed E-state index contributed by atoms with van der Waals surface area (Å²) in [6.07, 6.45) is 1.03. The van der Waals surface area contributed by atoms with E-state index in [2.05, 4.69) is 10.6 Å². The zero-order valence-electron chi connectivity index (χ0n) is 14.1. The van der Waals surface area contributed by atoms with Crippen LogP contribution >= 0.6 is 0 Å². The number of amides is 2. The second-order valence-corrected chi connectivity index (χ2v) is 5.74. The van der Waals surface area contributed by atoms with E-state index in [-0.39, 0.29) is 11.8 Å². The Morgan fingerprint density at radius 2 is 1.75 bits per heavy atom. The predicted octanol–water partition coefficient (Wildman–Crippen LogP) is 3.23. The molecule has 4 N–H and O–H groups in total. The van der Waals surface area contributed by atoms with Crippen molar-refractivity contribution in [2.75, 3.05) is 17.2 Å². The lowest BCUT2D eigenvalue weighted by atomic mass is 10.1. The molecule has 0 spiro atoms. The number of rotatable bonds is 6. The fourth-order valence-electron chi connectivity index (χ4n) is 2.34. The van der Waals surface area contributed by atoms with Crippen LogP contribution in [-0.2, 0) is 4.79 Å². The number of hydrogen-bond donors (Lipinski definition) is 3. The second-order valence-electron chi connectivity index (χ2n) is 5.74. The number of carbonyl (C=O) groups is 2. The molecule has 2 aromatic rings. The molecular weight excluding hydrogens is 302 g/mol. The molecule has 2 rings (SSSR count). The van der Waals surface area contributed by atoms with Gasteiger partial charge in [0, 0.05) is 23.4 Å². The molecule has 0 unspecified atom stereocenters. The molecule has 0 fully saturated rings. The van der Waals surface area contributed by atoms with E-state index in [1.54, 1.807) is 12.1 Å². The summed E-state index contributed by atoms with van der Waals surface area (Å²) < 4.78 is 0. The molecule has 0 atom stereocenters. The van der Waals surface area contributed by atoms with E-state index >= 15 is 0 Å². The summed E-state index contributed by atoms with van der Waals surface area (Å²) in [4.78, 5) is 24.3. The van der Waals surface area contributed by atoms with E-state index < -0.39 is 0 Å². The summed E-state index contributed by atoms with van der Waals surface area (Å²) in [5.41, 5.74) is 9.24. The van der Waals surface area contributed by atoms with Gasteiger partial charge in [0.2, 0.25) is 5.91 Å². The van der Waals surface area contributed by atoms with Crippen LogP contribution in [0.2, 0.25) is 0 Å². The van der Waals surface area contributed by atoms with Gasteiger partial charge in [-0.1, -0.05) is 24.3 Å². The number of anilines is 2. The van der Waals surface area contributed by atoms with Crippen LogP contribution in [0, 0.1) is 13.8 Å². The van der Waals surface area contributed by atoms with Crippen LogP contribution in [0.25, 0.3) is 0 Å². The number of nitrogens with one attached hydrogen (secondary N) is 2. The van der Waals surface area contributed by atoms with Gasteiger partial charge in [-0.25, -0.2) is 0 Å². The minimum Gasteiger partial charge on any atom is -0.330 e. The standard InChI is InChI=1S/C19H23N3O2/c1-13-6-3-4-7-16(13)19(24)21-15-10-9-14(2)17(12-15)22-18(23)8-5-11-20/h3-4,6-7,9-10,12H,5,8,11,20H2,1-2H3,(H,21,24)(H,22,23). The van der Waals surface area contributed by atoms with Gasteiger partial charge in [-0.3, -0.25) is 9.59 Å². The normalized spacial score (nSPS) is 10.3. The fourth-order valence-corrected chi connectivity index (χ4v) is 2.34. The molecule has 0 saturated carbocycles. The quantitative estimate of drug-likeness (QED) is 0.762. The predicted molar refractivity (Wildman–Crippen MR) is 97.2 cm³/mol. The van der Waals surface area contributed by atoms with Crippen molar-refractivity contribution in [2.45, 2.75) is 26.7 Å². The van der Waals surface area contributed by atoms with E-state index in [1.165, 1.54) is 0 Å². The van der Waals surface area contributed by atoms with Crippen molar-refractivity contribution in [3.63, 3.8) is 0 Å². The SMILES string of the molecule is Cc1ccc(NC(=O)c2ccccc2C)cc1NC(=O)CCCN. The molecule has 2 aromatic carbocycles. The Kier molecular flexibility index (Phi) is 6.09. The zero-order chi connectivity index (χ0) is 17.5. The molecule has 5 heteroatoms. The average molecular weight is 325 g/mol. The van der Waals surface area contributed by atoms with Gasteiger partial charge in [0.15, 0.2) is 0 Å². The van der Waals surface area contributed by atoms with Crippen molar-refractivity contribution in [2.24, 2.45) is 5.73 Å². The first-order valence-electron chi connectivity index (χ1n) is 7.99. The first-order valence-corrected chi connectivity index (χ1v) is 7.99. The van der Waals surface area contributed by atoms with Crippen molar-refractivity contribution in [3.8, 4) is 0 Å². The maximum Gasteiger partial charge on any atom is 0.255 e. The molecule has 0 aliphatic carbocycles. The summed E-state index contributed by atoms with van der Waals surface area (Å²) in [7, 11) is 0. The molecule has 5 nitrogen and oxygen atoms in total. The number of aryl methyl sites for hydroxylation is 2. The first-order chi connectivity index (χ1) is 11.5. The lowest BCUT2D eigenvalue weighted by Crippen LogP contribution is -2.16. The summed E-state index contributed by atoms with van der Waals surface area (Å²) in [5, 5.41) is 5.74. The van der Waals surface area contributed by atoms with Crippen molar-refractivity contribution in [1.29, 1.82) is 0 Å². The maximum absolute atomic E-state index is 12.4. The molecule has 0 aliphatic rings. The summed E-state index contributed by atoms with van der Waals surface area (Å²) in [6.45, 7) is 4.29. The minimum absolute atomic E-state index is 0.0778. The molecule has 126 valence electrons. The molecular formula is C19H23N3O2. The van der Waals surface area contributed by atoms with Crippen molar-refractivity contribution in [1.82, 2.24) is 0 Å². The molecule has 0 radical (unpaired) electrons. The molecule has 0 saturated heterocycles. The molecule has 0 heterocycles. The Hall–Kier alpha value is -2.66. The molecule has 0 aliphatic heterocycles. The molecule has 0 bridgehead atoms. The third-order valence-corrected chi connectivity index (χ3v) is 3.77. The number of benzene rings is 2. The fraction of sp³-hybridized carbons (Fsp3) is 0.263. The van der Waals surface area contributed by atoms with Gasteiger partial charge in [-0.15, -0.1) is 0 Å². The van der Waals surface area contributed by atoms with E-state index in [9.17, 15) is 9.59 Å². The first kappa shape index (κ1) is 17.7. The Morgan fingerprint density at radius 1 is 1.00 bits per heavy atom. The van der Waals surface area contributed by atoms with Crippen LogP contribution in [0.5, 0.6) is 0 Å². The Bertz CT molecular complexity index is 741. The van der Waals surface area contributed by atoms with Crippen LogP contribution in [-0.4, -0.2) is 18.4 Å². The van der Waals surface area contributed by atoms with Gasteiger partial charge in [-0.05, 0) is 56.1 Å². The second kappa shape index (κ2) is 8.26. The minimum atomic E-state index is -0.169. The summed E-state index contributed by atoms with van der Waals surface area (Å²) in [5.74, 6) is -0.247. The van der Waals surface area contributed by atoms with E-state index in [0.29, 0.717) is 36.3 Å². The van der Waals surface area contributed by atoms with Crippen molar-refractivity contribution >= 4 is 23.2 Å². The third-order valence-electron chi connectivity index (χ3n) is 3.77. The lowest BCUT2D eigenvalue weighted by Gasteiger charge is -2.12. The van der Waals surface area contributed by atoms with E-state index in [4.69, 9.17) is 5.73 Å². The monoisotopic (exact) mass is 325 g/mol. The highest BCUT2D eigenvalue weighted by Crippen LogP contribution is 2.21. The lowest BCUT2D eigenvalue weighted by molar-refractivity contribution is -0.116. The van der Waals surface area contributed by atoms with Gasteiger partial charge in [0.1, 0.15) is 0 Å². The van der Waals surface area contributed by atoms with Crippen LogP contribution < -0.4 is 16.4 Å². The highest BCUT2D eigenvalue weighted by atomic mass is 16.2. The third kappa shape index (κ3) is 4.67. The average Bonchev–Trinajstić information content (AvgIpc) is 2.56. The van der Waals surface area contributed by atoms with Gasteiger partial charge >= 0.3 is 0 Å². The van der Waals surface area contributed by atoms with Crippen LogP contribution in [0.3, 0.4) is 0 Å². The Morgan fingerprint density at radius 3 is 2.46 bits per heavy atom. The van der Waals surface area contributed by atoms with Crippen LogP contribution in [0.4, 0.5) is 11.4 Å².